The minimum Gasteiger partial charge on any atom is -0.302 e. The molecule has 1 aliphatic carbocycles. The number of hydrogen-bond acceptors (Lipinski definition) is 2. The van der Waals surface area contributed by atoms with Crippen LogP contribution in [0.4, 0.5) is 0 Å². The van der Waals surface area contributed by atoms with Gasteiger partial charge in [-0.2, -0.15) is 5.48 Å². The molecule has 2 unspecified atom stereocenters. The highest BCUT2D eigenvalue weighted by atomic mass is 16.6. The smallest absolute Gasteiger partial charge is 0.0654 e. The van der Waals surface area contributed by atoms with E-state index in [2.05, 4.69) is 19.3 Å². The van der Waals surface area contributed by atoms with Crippen LogP contribution in [0, 0.1) is 11.8 Å². The Labute approximate surface area is 88.4 Å². The zero-order chi connectivity index (χ0) is 10.4. The van der Waals surface area contributed by atoms with Gasteiger partial charge in [0.2, 0.25) is 0 Å². The van der Waals surface area contributed by atoms with Crippen LogP contribution in [0.3, 0.4) is 0 Å². The van der Waals surface area contributed by atoms with Crippen molar-refractivity contribution in [2.75, 3.05) is 6.61 Å². The third-order valence-electron chi connectivity index (χ3n) is 3.35. The molecule has 2 nitrogen and oxygen atoms in total. The molecule has 1 fully saturated rings. The molecule has 0 aromatic rings. The van der Waals surface area contributed by atoms with Crippen molar-refractivity contribution in [1.82, 2.24) is 5.48 Å². The molecule has 0 amide bonds. The van der Waals surface area contributed by atoms with Crippen molar-refractivity contribution in [3.63, 3.8) is 0 Å². The van der Waals surface area contributed by atoms with Crippen molar-refractivity contribution in [2.45, 2.75) is 58.9 Å². The second-order valence-electron chi connectivity index (χ2n) is 4.76. The van der Waals surface area contributed by atoms with Gasteiger partial charge in [0.15, 0.2) is 0 Å². The first-order valence-corrected chi connectivity index (χ1v) is 6.11. The number of nitrogens with one attached hydrogen (secondary N) is 1. The third kappa shape index (κ3) is 3.97. The van der Waals surface area contributed by atoms with Crippen LogP contribution in [0.15, 0.2) is 0 Å². The summed E-state index contributed by atoms with van der Waals surface area (Å²) in [5, 5.41) is 0. The zero-order valence-corrected chi connectivity index (χ0v) is 9.88. The SMILES string of the molecule is CCONC1CCCC(C(C)C)CC1. The fourth-order valence-corrected chi connectivity index (χ4v) is 2.32. The number of rotatable bonds is 4. The van der Waals surface area contributed by atoms with Gasteiger partial charge in [-0.15, -0.1) is 0 Å². The molecule has 1 aliphatic rings. The van der Waals surface area contributed by atoms with Gasteiger partial charge in [0.1, 0.15) is 0 Å². The molecule has 0 aliphatic heterocycles. The molecule has 84 valence electrons. The Morgan fingerprint density at radius 2 is 2.00 bits per heavy atom. The van der Waals surface area contributed by atoms with Crippen molar-refractivity contribution in [1.29, 1.82) is 0 Å². The maximum absolute atomic E-state index is 5.27. The molecule has 1 saturated carbocycles. The van der Waals surface area contributed by atoms with Gasteiger partial charge in [0.25, 0.3) is 0 Å². The summed E-state index contributed by atoms with van der Waals surface area (Å²) in [6.45, 7) is 7.49. The van der Waals surface area contributed by atoms with Gasteiger partial charge in [-0.05, 0) is 38.0 Å². The van der Waals surface area contributed by atoms with Gasteiger partial charge >= 0.3 is 0 Å². The summed E-state index contributed by atoms with van der Waals surface area (Å²) in [6, 6.07) is 0.596. The first-order valence-electron chi connectivity index (χ1n) is 6.11. The van der Waals surface area contributed by atoms with E-state index in [9.17, 15) is 0 Å². The van der Waals surface area contributed by atoms with E-state index in [4.69, 9.17) is 4.84 Å². The molecule has 0 spiro atoms. The predicted octanol–water partition coefficient (Wildman–Crippen LogP) is 3.13. The maximum atomic E-state index is 5.27. The molecule has 0 radical (unpaired) electrons. The highest BCUT2D eigenvalue weighted by Gasteiger charge is 2.20. The Balaban J connectivity index is 2.26. The molecule has 0 aromatic carbocycles. The van der Waals surface area contributed by atoms with Crippen LogP contribution in [0.2, 0.25) is 0 Å². The molecule has 0 saturated heterocycles. The van der Waals surface area contributed by atoms with Crippen LogP contribution in [0.5, 0.6) is 0 Å². The fraction of sp³-hybridized carbons (Fsp3) is 1.00. The van der Waals surface area contributed by atoms with E-state index < -0.39 is 0 Å². The van der Waals surface area contributed by atoms with E-state index in [0.717, 1.165) is 18.4 Å². The molecule has 14 heavy (non-hydrogen) atoms. The van der Waals surface area contributed by atoms with E-state index >= 15 is 0 Å². The van der Waals surface area contributed by atoms with E-state index in [1.807, 2.05) is 6.92 Å². The topological polar surface area (TPSA) is 21.3 Å². The lowest BCUT2D eigenvalue weighted by Crippen LogP contribution is -2.28. The average Bonchev–Trinajstić information content (AvgIpc) is 2.39. The molecular formula is C12H25NO. The predicted molar refractivity (Wildman–Crippen MR) is 60.0 cm³/mol. The lowest BCUT2D eigenvalue weighted by Gasteiger charge is -2.18. The Morgan fingerprint density at radius 1 is 1.21 bits per heavy atom. The van der Waals surface area contributed by atoms with Crippen molar-refractivity contribution >= 4 is 0 Å². The summed E-state index contributed by atoms with van der Waals surface area (Å²) in [7, 11) is 0. The largest absolute Gasteiger partial charge is 0.302 e. The van der Waals surface area contributed by atoms with E-state index in [1.54, 1.807) is 0 Å². The maximum Gasteiger partial charge on any atom is 0.0654 e. The van der Waals surface area contributed by atoms with Crippen LogP contribution >= 0.6 is 0 Å². The van der Waals surface area contributed by atoms with Crippen LogP contribution in [0.1, 0.15) is 52.9 Å². The standard InChI is InChI=1S/C12H25NO/c1-4-14-13-12-7-5-6-11(8-9-12)10(2)3/h10-13H,4-9H2,1-3H3. The van der Waals surface area contributed by atoms with Gasteiger partial charge in [-0.3, -0.25) is 0 Å². The highest BCUT2D eigenvalue weighted by Crippen LogP contribution is 2.28. The number of hydrogen-bond donors (Lipinski definition) is 1. The lowest BCUT2D eigenvalue weighted by atomic mass is 9.89. The molecule has 2 atom stereocenters. The normalized spacial score (nSPS) is 29.1. The Bertz CT molecular complexity index is 147. The first kappa shape index (κ1) is 12.0. The summed E-state index contributed by atoms with van der Waals surface area (Å²) in [5.74, 6) is 1.78. The highest BCUT2D eigenvalue weighted by molar-refractivity contribution is 4.74. The molecule has 0 aromatic heterocycles. The molecular weight excluding hydrogens is 174 g/mol. The summed E-state index contributed by atoms with van der Waals surface area (Å²) in [6.07, 6.45) is 6.68. The molecule has 0 bridgehead atoms. The van der Waals surface area contributed by atoms with Crippen molar-refractivity contribution < 1.29 is 4.84 Å². The van der Waals surface area contributed by atoms with Crippen LogP contribution in [0.25, 0.3) is 0 Å². The summed E-state index contributed by atoms with van der Waals surface area (Å²) < 4.78 is 0. The lowest BCUT2D eigenvalue weighted by molar-refractivity contribution is 0.0204. The quantitative estimate of drug-likeness (QED) is 0.555. The molecule has 0 heterocycles. The second kappa shape index (κ2) is 6.41. The zero-order valence-electron chi connectivity index (χ0n) is 9.88. The van der Waals surface area contributed by atoms with Gasteiger partial charge in [0.05, 0.1) is 6.61 Å². The molecule has 1 rings (SSSR count). The van der Waals surface area contributed by atoms with Crippen molar-refractivity contribution in [3.05, 3.63) is 0 Å². The molecule has 1 N–H and O–H groups in total. The van der Waals surface area contributed by atoms with E-state index in [-0.39, 0.29) is 0 Å². The van der Waals surface area contributed by atoms with Crippen LogP contribution in [-0.4, -0.2) is 12.6 Å². The van der Waals surface area contributed by atoms with Crippen molar-refractivity contribution in [2.24, 2.45) is 11.8 Å². The summed E-state index contributed by atoms with van der Waals surface area (Å²) >= 11 is 0. The number of hydroxylamine groups is 1. The van der Waals surface area contributed by atoms with Crippen LogP contribution < -0.4 is 5.48 Å². The monoisotopic (exact) mass is 199 g/mol. The van der Waals surface area contributed by atoms with Crippen molar-refractivity contribution in [3.8, 4) is 0 Å². The van der Waals surface area contributed by atoms with E-state index in [1.165, 1.54) is 32.1 Å². The fourth-order valence-electron chi connectivity index (χ4n) is 2.32. The Hall–Kier alpha value is -0.0800. The minimum absolute atomic E-state index is 0.596. The first-order chi connectivity index (χ1) is 6.74. The Kier molecular flexibility index (Phi) is 5.49. The average molecular weight is 199 g/mol. The van der Waals surface area contributed by atoms with Gasteiger partial charge in [-0.1, -0.05) is 26.7 Å². The minimum atomic E-state index is 0.596. The summed E-state index contributed by atoms with van der Waals surface area (Å²) in [5.41, 5.74) is 3.17. The molecule has 2 heteroatoms. The van der Waals surface area contributed by atoms with Gasteiger partial charge in [0, 0.05) is 6.04 Å². The third-order valence-corrected chi connectivity index (χ3v) is 3.35. The van der Waals surface area contributed by atoms with Gasteiger partial charge in [-0.25, -0.2) is 0 Å². The van der Waals surface area contributed by atoms with E-state index in [0.29, 0.717) is 6.04 Å². The second-order valence-corrected chi connectivity index (χ2v) is 4.76. The van der Waals surface area contributed by atoms with Crippen LogP contribution in [-0.2, 0) is 4.84 Å². The Morgan fingerprint density at radius 3 is 2.64 bits per heavy atom. The summed E-state index contributed by atoms with van der Waals surface area (Å²) in [4.78, 5) is 5.27. The van der Waals surface area contributed by atoms with Gasteiger partial charge < -0.3 is 4.84 Å².